The molecule has 1 amide bonds. The van der Waals surface area contributed by atoms with E-state index in [2.05, 4.69) is 11.8 Å². The van der Waals surface area contributed by atoms with Gasteiger partial charge in [0.05, 0.1) is 0 Å². The third-order valence-corrected chi connectivity index (χ3v) is 3.60. The second-order valence-electron chi connectivity index (χ2n) is 4.96. The molecule has 1 aliphatic heterocycles. The van der Waals surface area contributed by atoms with E-state index in [4.69, 9.17) is 10.2 Å². The summed E-state index contributed by atoms with van der Waals surface area (Å²) >= 11 is 0. The van der Waals surface area contributed by atoms with Crippen LogP contribution >= 0.6 is 0 Å². The summed E-state index contributed by atoms with van der Waals surface area (Å²) in [4.78, 5) is 14.1. The SMILES string of the molecule is O=C(c1ccc(C#CCO)cc1)N1CCC(CO)CC1. The summed E-state index contributed by atoms with van der Waals surface area (Å²) in [7, 11) is 0. The largest absolute Gasteiger partial charge is 0.396 e. The maximum Gasteiger partial charge on any atom is 0.253 e. The zero-order valence-electron chi connectivity index (χ0n) is 11.4. The summed E-state index contributed by atoms with van der Waals surface area (Å²) in [6.07, 6.45) is 1.73. The summed E-state index contributed by atoms with van der Waals surface area (Å²) < 4.78 is 0. The molecule has 4 nitrogen and oxygen atoms in total. The fraction of sp³-hybridized carbons (Fsp3) is 0.438. The van der Waals surface area contributed by atoms with E-state index in [0.29, 0.717) is 24.6 Å². The standard InChI is InChI=1S/C16H19NO3/c18-11-1-2-13-3-5-15(6-4-13)16(20)17-9-7-14(12-19)8-10-17/h3-6,14,18-19H,7-12H2. The van der Waals surface area contributed by atoms with Crippen molar-refractivity contribution < 1.29 is 15.0 Å². The highest BCUT2D eigenvalue weighted by atomic mass is 16.3. The Balaban J connectivity index is 1.99. The second-order valence-corrected chi connectivity index (χ2v) is 4.96. The molecule has 0 saturated carbocycles. The summed E-state index contributed by atoms with van der Waals surface area (Å²) in [6.45, 7) is 1.45. The van der Waals surface area contributed by atoms with Crippen LogP contribution in [0.5, 0.6) is 0 Å². The van der Waals surface area contributed by atoms with Gasteiger partial charge in [0, 0.05) is 30.8 Å². The Bertz CT molecular complexity index is 505. The number of benzene rings is 1. The van der Waals surface area contributed by atoms with Gasteiger partial charge in [0.1, 0.15) is 6.61 Å². The van der Waals surface area contributed by atoms with Gasteiger partial charge < -0.3 is 15.1 Å². The van der Waals surface area contributed by atoms with Crippen LogP contribution in [-0.2, 0) is 0 Å². The van der Waals surface area contributed by atoms with Gasteiger partial charge in [0.25, 0.3) is 5.91 Å². The molecule has 0 spiro atoms. The minimum absolute atomic E-state index is 0.0306. The molecule has 1 aromatic rings. The van der Waals surface area contributed by atoms with Crippen LogP contribution < -0.4 is 0 Å². The number of amides is 1. The molecule has 0 bridgehead atoms. The van der Waals surface area contributed by atoms with E-state index in [9.17, 15) is 4.79 Å². The van der Waals surface area contributed by atoms with Gasteiger partial charge in [-0.15, -0.1) is 0 Å². The van der Waals surface area contributed by atoms with E-state index >= 15 is 0 Å². The molecule has 0 aromatic heterocycles. The second kappa shape index (κ2) is 7.09. The maximum atomic E-state index is 12.3. The summed E-state index contributed by atoms with van der Waals surface area (Å²) in [5, 5.41) is 17.7. The number of aliphatic hydroxyl groups excluding tert-OH is 2. The van der Waals surface area contributed by atoms with Gasteiger partial charge in [-0.25, -0.2) is 0 Å². The average molecular weight is 273 g/mol. The van der Waals surface area contributed by atoms with E-state index in [1.165, 1.54) is 0 Å². The molecular weight excluding hydrogens is 254 g/mol. The summed E-state index contributed by atoms with van der Waals surface area (Å²) in [5.41, 5.74) is 1.44. The molecule has 0 atom stereocenters. The number of hydrogen-bond acceptors (Lipinski definition) is 3. The number of piperidine rings is 1. The van der Waals surface area contributed by atoms with E-state index in [1.807, 2.05) is 4.90 Å². The minimum atomic E-state index is -0.166. The Morgan fingerprint density at radius 2 is 1.85 bits per heavy atom. The van der Waals surface area contributed by atoms with Crippen LogP contribution in [0.15, 0.2) is 24.3 Å². The molecule has 1 heterocycles. The van der Waals surface area contributed by atoms with Crippen molar-refractivity contribution in [1.82, 2.24) is 4.90 Å². The maximum absolute atomic E-state index is 12.3. The van der Waals surface area contributed by atoms with Crippen molar-refractivity contribution in [2.24, 2.45) is 5.92 Å². The van der Waals surface area contributed by atoms with Crippen LogP contribution in [0, 0.1) is 17.8 Å². The molecule has 2 rings (SSSR count). The number of hydrogen-bond donors (Lipinski definition) is 2. The van der Waals surface area contributed by atoms with Crippen LogP contribution in [0.25, 0.3) is 0 Å². The third-order valence-electron chi connectivity index (χ3n) is 3.60. The molecule has 106 valence electrons. The van der Waals surface area contributed by atoms with Gasteiger partial charge in [-0.3, -0.25) is 4.79 Å². The number of aliphatic hydroxyl groups is 2. The van der Waals surface area contributed by atoms with Crippen molar-refractivity contribution in [2.75, 3.05) is 26.3 Å². The highest BCUT2D eigenvalue weighted by Gasteiger charge is 2.22. The zero-order chi connectivity index (χ0) is 14.4. The fourth-order valence-corrected chi connectivity index (χ4v) is 2.34. The quantitative estimate of drug-likeness (QED) is 0.786. The van der Waals surface area contributed by atoms with Crippen molar-refractivity contribution in [3.8, 4) is 11.8 Å². The highest BCUT2D eigenvalue weighted by Crippen LogP contribution is 2.18. The Hall–Kier alpha value is -1.83. The van der Waals surface area contributed by atoms with E-state index in [0.717, 1.165) is 18.4 Å². The van der Waals surface area contributed by atoms with E-state index in [-0.39, 0.29) is 19.1 Å². The van der Waals surface area contributed by atoms with Crippen molar-refractivity contribution in [3.05, 3.63) is 35.4 Å². The van der Waals surface area contributed by atoms with Crippen LogP contribution in [-0.4, -0.2) is 47.3 Å². The Labute approximate surface area is 119 Å². The van der Waals surface area contributed by atoms with Crippen LogP contribution in [0.2, 0.25) is 0 Å². The molecular formula is C16H19NO3. The first-order valence-corrected chi connectivity index (χ1v) is 6.84. The summed E-state index contributed by atoms with van der Waals surface area (Å²) in [5.74, 6) is 5.73. The minimum Gasteiger partial charge on any atom is -0.396 e. The smallest absolute Gasteiger partial charge is 0.253 e. The topological polar surface area (TPSA) is 60.8 Å². The van der Waals surface area contributed by atoms with Crippen molar-refractivity contribution in [1.29, 1.82) is 0 Å². The van der Waals surface area contributed by atoms with Crippen molar-refractivity contribution in [2.45, 2.75) is 12.8 Å². The summed E-state index contributed by atoms with van der Waals surface area (Å²) in [6, 6.07) is 7.11. The Morgan fingerprint density at radius 3 is 2.40 bits per heavy atom. The molecule has 1 saturated heterocycles. The lowest BCUT2D eigenvalue weighted by Crippen LogP contribution is -2.39. The van der Waals surface area contributed by atoms with Crippen LogP contribution in [0.4, 0.5) is 0 Å². The zero-order valence-corrected chi connectivity index (χ0v) is 11.4. The number of carbonyl (C=O) groups is 1. The lowest BCUT2D eigenvalue weighted by molar-refractivity contribution is 0.0651. The molecule has 0 unspecified atom stereocenters. The molecule has 20 heavy (non-hydrogen) atoms. The Morgan fingerprint density at radius 1 is 1.20 bits per heavy atom. The first-order valence-electron chi connectivity index (χ1n) is 6.84. The molecule has 4 heteroatoms. The number of carbonyl (C=O) groups excluding carboxylic acids is 1. The molecule has 1 aliphatic rings. The first kappa shape index (κ1) is 14.6. The van der Waals surface area contributed by atoms with Gasteiger partial charge >= 0.3 is 0 Å². The van der Waals surface area contributed by atoms with Gasteiger partial charge in [-0.1, -0.05) is 11.8 Å². The Kier molecular flexibility index (Phi) is 5.16. The molecule has 0 radical (unpaired) electrons. The van der Waals surface area contributed by atoms with Gasteiger partial charge in [0.2, 0.25) is 0 Å². The monoisotopic (exact) mass is 273 g/mol. The predicted octanol–water partition coefficient (Wildman–Crippen LogP) is 0.875. The number of nitrogens with zero attached hydrogens (tertiary/aromatic N) is 1. The van der Waals surface area contributed by atoms with Gasteiger partial charge in [-0.2, -0.15) is 0 Å². The number of likely N-dealkylation sites (tertiary alicyclic amines) is 1. The van der Waals surface area contributed by atoms with Crippen molar-refractivity contribution >= 4 is 5.91 Å². The average Bonchev–Trinajstić information content (AvgIpc) is 2.53. The first-order chi connectivity index (χ1) is 9.74. The fourth-order valence-electron chi connectivity index (χ4n) is 2.34. The molecule has 1 fully saturated rings. The van der Waals surface area contributed by atoms with Crippen LogP contribution in [0.3, 0.4) is 0 Å². The van der Waals surface area contributed by atoms with Crippen LogP contribution in [0.1, 0.15) is 28.8 Å². The van der Waals surface area contributed by atoms with Gasteiger partial charge in [0.15, 0.2) is 0 Å². The number of rotatable bonds is 2. The van der Waals surface area contributed by atoms with Gasteiger partial charge in [-0.05, 0) is 43.0 Å². The van der Waals surface area contributed by atoms with E-state index < -0.39 is 0 Å². The predicted molar refractivity (Wildman–Crippen MR) is 76.1 cm³/mol. The van der Waals surface area contributed by atoms with E-state index in [1.54, 1.807) is 24.3 Å². The van der Waals surface area contributed by atoms with Crippen molar-refractivity contribution in [3.63, 3.8) is 0 Å². The third kappa shape index (κ3) is 3.60. The normalized spacial score (nSPS) is 15.6. The molecule has 0 aliphatic carbocycles. The lowest BCUT2D eigenvalue weighted by atomic mass is 9.97. The highest BCUT2D eigenvalue weighted by molar-refractivity contribution is 5.94. The molecule has 1 aromatic carbocycles. The molecule has 2 N–H and O–H groups in total. The lowest BCUT2D eigenvalue weighted by Gasteiger charge is -2.31.